The van der Waals surface area contributed by atoms with Gasteiger partial charge in [0.25, 0.3) is 0 Å². The van der Waals surface area contributed by atoms with Crippen molar-refractivity contribution in [3.63, 3.8) is 0 Å². The van der Waals surface area contributed by atoms with Crippen LogP contribution >= 0.6 is 11.8 Å². The highest BCUT2D eigenvalue weighted by atomic mass is 32.2. The third-order valence-corrected chi connectivity index (χ3v) is 7.76. The molecule has 0 aromatic rings. The molecule has 2 saturated carbocycles. The minimum absolute atomic E-state index is 0.0140. The Balaban J connectivity index is 2.02. The maximum atomic E-state index is 12.6. The number of sulfonamides is 1. The topological polar surface area (TPSA) is 72.5 Å². The maximum absolute atomic E-state index is 12.6. The molecule has 0 aliphatic heterocycles. The largest absolute Gasteiger partial charge is 0.469 e. The zero-order valence-corrected chi connectivity index (χ0v) is 14.3. The summed E-state index contributed by atoms with van der Waals surface area (Å²) in [4.78, 5) is 11.7. The SMILES string of the molecule is COC(=O)C1CCCC1S(=O)(=O)NC1CCCC(SC)C1. The second kappa shape index (κ2) is 7.33. The molecule has 7 heteroatoms. The highest BCUT2D eigenvalue weighted by Crippen LogP contribution is 2.33. The first-order valence-corrected chi connectivity index (χ1v) is 10.4. The first-order chi connectivity index (χ1) is 9.97. The minimum Gasteiger partial charge on any atom is -0.469 e. The van der Waals surface area contributed by atoms with Crippen molar-refractivity contribution in [2.24, 2.45) is 5.92 Å². The predicted molar refractivity (Wildman–Crippen MR) is 84.8 cm³/mol. The highest BCUT2D eigenvalue weighted by molar-refractivity contribution is 7.99. The van der Waals surface area contributed by atoms with Crippen molar-refractivity contribution in [2.45, 2.75) is 61.5 Å². The summed E-state index contributed by atoms with van der Waals surface area (Å²) in [5, 5.41) is -0.0916. The molecule has 0 heterocycles. The zero-order valence-electron chi connectivity index (χ0n) is 12.7. The van der Waals surface area contributed by atoms with Crippen LogP contribution in [0.1, 0.15) is 44.9 Å². The lowest BCUT2D eigenvalue weighted by Crippen LogP contribution is -2.46. The Labute approximate surface area is 131 Å². The number of rotatable bonds is 5. The van der Waals surface area contributed by atoms with E-state index < -0.39 is 27.2 Å². The predicted octanol–water partition coefficient (Wildman–Crippen LogP) is 1.92. The normalized spacial score (nSPS) is 33.8. The van der Waals surface area contributed by atoms with E-state index >= 15 is 0 Å². The Kier molecular flexibility index (Phi) is 5.96. The number of hydrogen-bond donors (Lipinski definition) is 1. The third kappa shape index (κ3) is 4.13. The van der Waals surface area contributed by atoms with E-state index in [1.54, 1.807) is 0 Å². The van der Waals surface area contributed by atoms with E-state index in [4.69, 9.17) is 4.74 Å². The molecular formula is C14H25NO4S2. The molecule has 2 rings (SSSR count). The molecule has 0 bridgehead atoms. The molecule has 2 aliphatic rings. The molecule has 0 amide bonds. The summed E-state index contributed by atoms with van der Waals surface area (Å²) >= 11 is 1.81. The number of hydrogen-bond acceptors (Lipinski definition) is 5. The van der Waals surface area contributed by atoms with Crippen LogP contribution in [0.15, 0.2) is 0 Å². The Morgan fingerprint density at radius 2 is 1.90 bits per heavy atom. The van der Waals surface area contributed by atoms with E-state index in [9.17, 15) is 13.2 Å². The fourth-order valence-corrected chi connectivity index (χ4v) is 6.34. The Hall–Kier alpha value is -0.270. The van der Waals surface area contributed by atoms with Gasteiger partial charge in [-0.05, 0) is 38.4 Å². The monoisotopic (exact) mass is 335 g/mol. The fraction of sp³-hybridized carbons (Fsp3) is 0.929. The van der Waals surface area contributed by atoms with Gasteiger partial charge in [-0.25, -0.2) is 13.1 Å². The van der Waals surface area contributed by atoms with Crippen LogP contribution in [0, 0.1) is 5.92 Å². The number of thioether (sulfide) groups is 1. The average molecular weight is 335 g/mol. The second-order valence-corrected chi connectivity index (χ2v) is 9.05. The van der Waals surface area contributed by atoms with Crippen LogP contribution in [0.4, 0.5) is 0 Å². The summed E-state index contributed by atoms with van der Waals surface area (Å²) in [6.07, 6.45) is 8.00. The van der Waals surface area contributed by atoms with Gasteiger partial charge in [0.1, 0.15) is 0 Å². The molecule has 2 fully saturated rings. The molecule has 0 aromatic heterocycles. The van der Waals surface area contributed by atoms with Gasteiger partial charge in [-0.1, -0.05) is 12.8 Å². The number of esters is 1. The molecule has 0 saturated heterocycles. The molecule has 2 aliphatic carbocycles. The van der Waals surface area contributed by atoms with Crippen molar-refractivity contribution < 1.29 is 17.9 Å². The van der Waals surface area contributed by atoms with E-state index in [1.807, 2.05) is 11.8 Å². The molecule has 4 atom stereocenters. The zero-order chi connectivity index (χ0) is 15.5. The van der Waals surface area contributed by atoms with E-state index in [0.29, 0.717) is 18.1 Å². The molecule has 0 spiro atoms. The lowest BCUT2D eigenvalue weighted by molar-refractivity contribution is -0.145. The Morgan fingerprint density at radius 1 is 1.19 bits per heavy atom. The van der Waals surface area contributed by atoms with Gasteiger partial charge < -0.3 is 4.74 Å². The van der Waals surface area contributed by atoms with Crippen LogP contribution in [-0.4, -0.2) is 44.3 Å². The van der Waals surface area contributed by atoms with E-state index in [1.165, 1.54) is 7.11 Å². The van der Waals surface area contributed by atoms with Gasteiger partial charge in [0.05, 0.1) is 18.3 Å². The van der Waals surface area contributed by atoms with Gasteiger partial charge in [0.2, 0.25) is 10.0 Å². The first-order valence-electron chi connectivity index (χ1n) is 7.59. The molecule has 122 valence electrons. The Bertz CT molecular complexity index is 466. The number of ether oxygens (including phenoxy) is 1. The third-order valence-electron chi connectivity index (χ3n) is 4.65. The minimum atomic E-state index is -3.46. The number of methoxy groups -OCH3 is 1. The van der Waals surface area contributed by atoms with Gasteiger partial charge in [0, 0.05) is 11.3 Å². The Morgan fingerprint density at radius 3 is 2.57 bits per heavy atom. The van der Waals surface area contributed by atoms with Crippen molar-refractivity contribution in [3.8, 4) is 0 Å². The lowest BCUT2D eigenvalue weighted by atomic mass is 9.96. The molecule has 1 N–H and O–H groups in total. The van der Waals surface area contributed by atoms with Crippen molar-refractivity contribution >= 4 is 27.8 Å². The van der Waals surface area contributed by atoms with Gasteiger partial charge in [-0.2, -0.15) is 11.8 Å². The van der Waals surface area contributed by atoms with E-state index in [2.05, 4.69) is 11.0 Å². The van der Waals surface area contributed by atoms with Crippen molar-refractivity contribution in [1.29, 1.82) is 0 Å². The summed E-state index contributed by atoms with van der Waals surface area (Å²) in [6, 6.07) is 0.0140. The van der Waals surface area contributed by atoms with E-state index in [-0.39, 0.29) is 6.04 Å². The van der Waals surface area contributed by atoms with Crippen LogP contribution in [0.25, 0.3) is 0 Å². The molecule has 21 heavy (non-hydrogen) atoms. The van der Waals surface area contributed by atoms with E-state index in [0.717, 1.165) is 32.1 Å². The molecule has 0 radical (unpaired) electrons. The quantitative estimate of drug-likeness (QED) is 0.777. The number of nitrogens with one attached hydrogen (secondary N) is 1. The second-order valence-electron chi connectivity index (χ2n) is 5.98. The van der Waals surface area contributed by atoms with Crippen LogP contribution in [-0.2, 0) is 19.6 Å². The van der Waals surface area contributed by atoms with Crippen molar-refractivity contribution in [2.75, 3.05) is 13.4 Å². The summed E-state index contributed by atoms with van der Waals surface area (Å²) in [6.45, 7) is 0. The number of carbonyl (C=O) groups excluding carboxylic acids is 1. The summed E-state index contributed by atoms with van der Waals surface area (Å²) < 4.78 is 32.8. The highest BCUT2D eigenvalue weighted by Gasteiger charge is 2.43. The van der Waals surface area contributed by atoms with Gasteiger partial charge in [-0.15, -0.1) is 0 Å². The van der Waals surface area contributed by atoms with Crippen LogP contribution in [0.5, 0.6) is 0 Å². The molecule has 0 aromatic carbocycles. The summed E-state index contributed by atoms with van der Waals surface area (Å²) in [7, 11) is -2.13. The summed E-state index contributed by atoms with van der Waals surface area (Å²) in [5.41, 5.74) is 0. The maximum Gasteiger partial charge on any atom is 0.310 e. The van der Waals surface area contributed by atoms with Crippen LogP contribution in [0.2, 0.25) is 0 Å². The van der Waals surface area contributed by atoms with Crippen LogP contribution in [0.3, 0.4) is 0 Å². The van der Waals surface area contributed by atoms with Gasteiger partial charge in [0.15, 0.2) is 0 Å². The average Bonchev–Trinajstić information content (AvgIpc) is 2.96. The summed E-state index contributed by atoms with van der Waals surface area (Å²) in [5.74, 6) is -0.902. The fourth-order valence-electron chi connectivity index (χ4n) is 3.50. The van der Waals surface area contributed by atoms with Crippen molar-refractivity contribution in [3.05, 3.63) is 0 Å². The molecular weight excluding hydrogens is 310 g/mol. The smallest absolute Gasteiger partial charge is 0.310 e. The van der Waals surface area contributed by atoms with Crippen molar-refractivity contribution in [1.82, 2.24) is 4.72 Å². The number of carbonyl (C=O) groups is 1. The lowest BCUT2D eigenvalue weighted by Gasteiger charge is -2.30. The first kappa shape index (κ1) is 17.1. The van der Waals surface area contributed by atoms with Gasteiger partial charge in [-0.3, -0.25) is 4.79 Å². The molecule has 5 nitrogen and oxygen atoms in total. The standard InChI is InChI=1S/C14H25NO4S2/c1-19-14(16)12-7-4-8-13(12)21(17,18)15-10-5-3-6-11(9-10)20-2/h10-13,15H,3-9H2,1-2H3. The van der Waals surface area contributed by atoms with Gasteiger partial charge >= 0.3 is 5.97 Å². The molecule has 4 unspecified atom stereocenters. The van der Waals surface area contributed by atoms with Crippen LogP contribution < -0.4 is 4.72 Å².